The van der Waals surface area contributed by atoms with E-state index in [2.05, 4.69) is 20.8 Å². The highest BCUT2D eigenvalue weighted by Crippen LogP contribution is 2.68. The van der Waals surface area contributed by atoms with Crippen molar-refractivity contribution in [2.45, 2.75) is 97.7 Å². The van der Waals surface area contributed by atoms with Gasteiger partial charge >= 0.3 is 5.97 Å². The zero-order valence-electron chi connectivity index (χ0n) is 18.8. The van der Waals surface area contributed by atoms with E-state index in [1.54, 1.807) is 0 Å². The summed E-state index contributed by atoms with van der Waals surface area (Å²) in [5.74, 6) is 2.02. The number of hydrogen-bond donors (Lipinski definition) is 3. The number of carboxylic acid groups (broad SMARTS) is 1. The molecule has 0 saturated heterocycles. The summed E-state index contributed by atoms with van der Waals surface area (Å²) in [5, 5.41) is 30.9. The quantitative estimate of drug-likeness (QED) is 0.631. The SMILES string of the molecule is C[C@H](C[C@@H](C)[C@H]1CCC2C3C(CC[C@@]21C)[C@@]1(C)CC[C@@H](O)C[C@H]1C[C@H]3O)C(=O)O. The maximum Gasteiger partial charge on any atom is 0.306 e. The van der Waals surface area contributed by atoms with Gasteiger partial charge in [0.2, 0.25) is 0 Å². The van der Waals surface area contributed by atoms with Crippen molar-refractivity contribution < 1.29 is 20.1 Å². The maximum atomic E-state index is 11.4. The first-order valence-corrected chi connectivity index (χ1v) is 12.2. The summed E-state index contributed by atoms with van der Waals surface area (Å²) in [6.07, 6.45) is 8.87. The second-order valence-corrected chi connectivity index (χ2v) is 11.9. The molecule has 0 spiro atoms. The summed E-state index contributed by atoms with van der Waals surface area (Å²) in [6, 6.07) is 0. The second kappa shape index (κ2) is 7.51. The largest absolute Gasteiger partial charge is 0.481 e. The molecule has 0 amide bonds. The van der Waals surface area contributed by atoms with Crippen molar-refractivity contribution in [3.8, 4) is 0 Å². The maximum absolute atomic E-state index is 11.4. The molecule has 0 heterocycles. The van der Waals surface area contributed by atoms with Gasteiger partial charge < -0.3 is 15.3 Å². The number of aliphatic hydroxyl groups is 2. The van der Waals surface area contributed by atoms with Gasteiger partial charge in [-0.1, -0.05) is 27.7 Å². The number of carboxylic acids is 1. The first kappa shape index (κ1) is 21.6. The van der Waals surface area contributed by atoms with Crippen LogP contribution in [0.4, 0.5) is 0 Å². The second-order valence-electron chi connectivity index (χ2n) is 11.9. The molecule has 4 aliphatic rings. The molecule has 3 unspecified atom stereocenters. The molecule has 4 saturated carbocycles. The molecular formula is C25H42O4. The van der Waals surface area contributed by atoms with Crippen LogP contribution in [0, 0.1) is 52.3 Å². The summed E-state index contributed by atoms with van der Waals surface area (Å²) in [5.41, 5.74) is 0.503. The molecule has 0 aliphatic heterocycles. The van der Waals surface area contributed by atoms with E-state index in [0.717, 1.165) is 32.1 Å². The van der Waals surface area contributed by atoms with Crippen molar-refractivity contribution in [1.82, 2.24) is 0 Å². The van der Waals surface area contributed by atoms with E-state index in [1.165, 1.54) is 25.7 Å². The third-order valence-corrected chi connectivity index (χ3v) is 10.6. The van der Waals surface area contributed by atoms with Crippen molar-refractivity contribution in [2.24, 2.45) is 52.3 Å². The monoisotopic (exact) mass is 406 g/mol. The number of aliphatic hydroxyl groups excluding tert-OH is 2. The summed E-state index contributed by atoms with van der Waals surface area (Å²) in [4.78, 5) is 11.4. The average molecular weight is 407 g/mol. The molecule has 0 aromatic carbocycles. The first-order chi connectivity index (χ1) is 13.6. The van der Waals surface area contributed by atoms with Crippen molar-refractivity contribution in [1.29, 1.82) is 0 Å². The Bertz CT molecular complexity index is 634. The lowest BCUT2D eigenvalue weighted by Gasteiger charge is -2.62. The highest BCUT2D eigenvalue weighted by atomic mass is 16.4. The van der Waals surface area contributed by atoms with Gasteiger partial charge in [-0.15, -0.1) is 0 Å². The summed E-state index contributed by atoms with van der Waals surface area (Å²) >= 11 is 0. The standard InChI is InChI=1S/C25H42O4/c1-14(11-15(2)23(28)29)18-5-6-19-22-20(8-10-25(18,19)4)24(3)9-7-17(26)12-16(24)13-21(22)27/h14-22,26-27H,5-13H2,1-4H3,(H,28,29)/t14-,15-,16+,17-,18-,19?,20?,21-,22?,24+,25-/m1/s1. The number of aliphatic carboxylic acids is 1. The van der Waals surface area contributed by atoms with Gasteiger partial charge in [0.15, 0.2) is 0 Å². The fourth-order valence-corrected chi connectivity index (χ4v) is 9.00. The summed E-state index contributed by atoms with van der Waals surface area (Å²) < 4.78 is 0. The van der Waals surface area contributed by atoms with Gasteiger partial charge in [0.25, 0.3) is 0 Å². The van der Waals surface area contributed by atoms with E-state index in [1.807, 2.05) is 6.92 Å². The minimum absolute atomic E-state index is 0.182. The highest BCUT2D eigenvalue weighted by Gasteiger charge is 2.62. The summed E-state index contributed by atoms with van der Waals surface area (Å²) in [7, 11) is 0. The molecule has 0 radical (unpaired) electrons. The predicted octanol–water partition coefficient (Wildman–Crippen LogP) is 4.72. The number of hydrogen-bond acceptors (Lipinski definition) is 3. The van der Waals surface area contributed by atoms with Crippen LogP contribution in [0.15, 0.2) is 0 Å². The van der Waals surface area contributed by atoms with Gasteiger partial charge in [-0.2, -0.15) is 0 Å². The third-order valence-electron chi connectivity index (χ3n) is 10.6. The van der Waals surface area contributed by atoms with Crippen molar-refractivity contribution >= 4 is 5.97 Å². The Balaban J connectivity index is 1.56. The molecule has 4 aliphatic carbocycles. The highest BCUT2D eigenvalue weighted by molar-refractivity contribution is 5.69. The van der Waals surface area contributed by atoms with E-state index < -0.39 is 5.97 Å². The van der Waals surface area contributed by atoms with E-state index in [9.17, 15) is 20.1 Å². The van der Waals surface area contributed by atoms with Gasteiger partial charge in [-0.05, 0) is 104 Å². The number of carbonyl (C=O) groups is 1. The van der Waals surface area contributed by atoms with E-state index >= 15 is 0 Å². The zero-order chi connectivity index (χ0) is 21.1. The minimum Gasteiger partial charge on any atom is -0.481 e. The zero-order valence-corrected chi connectivity index (χ0v) is 18.8. The number of rotatable bonds is 4. The fraction of sp³-hybridized carbons (Fsp3) is 0.960. The first-order valence-electron chi connectivity index (χ1n) is 12.2. The van der Waals surface area contributed by atoms with Crippen LogP contribution in [-0.2, 0) is 4.79 Å². The van der Waals surface area contributed by atoms with Crippen LogP contribution in [0.1, 0.15) is 85.5 Å². The van der Waals surface area contributed by atoms with Crippen LogP contribution in [-0.4, -0.2) is 33.5 Å². The van der Waals surface area contributed by atoms with E-state index in [-0.39, 0.29) is 29.0 Å². The van der Waals surface area contributed by atoms with Crippen LogP contribution in [0.5, 0.6) is 0 Å². The molecule has 11 atom stereocenters. The molecule has 29 heavy (non-hydrogen) atoms. The van der Waals surface area contributed by atoms with Crippen molar-refractivity contribution in [2.75, 3.05) is 0 Å². The third kappa shape index (κ3) is 3.37. The van der Waals surface area contributed by atoms with Crippen LogP contribution in [0.2, 0.25) is 0 Å². The van der Waals surface area contributed by atoms with Crippen LogP contribution >= 0.6 is 0 Å². The van der Waals surface area contributed by atoms with Gasteiger partial charge in [-0.25, -0.2) is 0 Å². The Morgan fingerprint density at radius 2 is 1.62 bits per heavy atom. The van der Waals surface area contributed by atoms with E-state index in [0.29, 0.717) is 35.5 Å². The van der Waals surface area contributed by atoms with E-state index in [4.69, 9.17) is 0 Å². The lowest BCUT2D eigenvalue weighted by molar-refractivity contribution is -0.174. The molecule has 4 rings (SSSR count). The molecule has 3 N–H and O–H groups in total. The van der Waals surface area contributed by atoms with Gasteiger partial charge in [-0.3, -0.25) is 4.79 Å². The fourth-order valence-electron chi connectivity index (χ4n) is 9.00. The van der Waals surface area contributed by atoms with Crippen LogP contribution in [0.3, 0.4) is 0 Å². The molecule has 0 aromatic rings. The molecule has 0 aromatic heterocycles. The van der Waals surface area contributed by atoms with Crippen molar-refractivity contribution in [3.63, 3.8) is 0 Å². The molecular weight excluding hydrogens is 364 g/mol. The summed E-state index contributed by atoms with van der Waals surface area (Å²) in [6.45, 7) is 9.02. The Labute approximate surface area is 176 Å². The Morgan fingerprint density at radius 3 is 2.31 bits per heavy atom. The van der Waals surface area contributed by atoms with Gasteiger partial charge in [0.05, 0.1) is 18.1 Å². The molecule has 4 fully saturated rings. The topological polar surface area (TPSA) is 77.8 Å². The minimum atomic E-state index is -0.679. The number of fused-ring (bicyclic) bond motifs is 5. The van der Waals surface area contributed by atoms with Crippen LogP contribution < -0.4 is 0 Å². The molecule has 4 nitrogen and oxygen atoms in total. The predicted molar refractivity (Wildman–Crippen MR) is 113 cm³/mol. The van der Waals surface area contributed by atoms with Crippen LogP contribution in [0.25, 0.3) is 0 Å². The van der Waals surface area contributed by atoms with Gasteiger partial charge in [0, 0.05) is 0 Å². The molecule has 4 heteroatoms. The Morgan fingerprint density at radius 1 is 0.966 bits per heavy atom. The normalized spacial score (nSPS) is 51.4. The lowest BCUT2D eigenvalue weighted by atomic mass is 9.43. The Hall–Kier alpha value is -0.610. The smallest absolute Gasteiger partial charge is 0.306 e. The van der Waals surface area contributed by atoms with Crippen molar-refractivity contribution in [3.05, 3.63) is 0 Å². The molecule has 166 valence electrons. The Kier molecular flexibility index (Phi) is 5.60. The lowest BCUT2D eigenvalue weighted by Crippen LogP contribution is -2.58. The van der Waals surface area contributed by atoms with Gasteiger partial charge in [0.1, 0.15) is 0 Å². The average Bonchev–Trinajstić information content (AvgIpc) is 3.00. The molecule has 0 bridgehead atoms.